The third-order valence-electron chi connectivity index (χ3n) is 2.32. The van der Waals surface area contributed by atoms with Gasteiger partial charge in [-0.25, -0.2) is 0 Å². The summed E-state index contributed by atoms with van der Waals surface area (Å²) in [6, 6.07) is 1.90. The zero-order chi connectivity index (χ0) is 10.1. The van der Waals surface area contributed by atoms with Crippen LogP contribution in [0.25, 0.3) is 0 Å². The van der Waals surface area contributed by atoms with Crippen molar-refractivity contribution < 1.29 is 5.11 Å². The standard InChI is InChI=1S/C9H16N2OS/c1-6(2)9(12,5-10)8-4-7(3)11-13-8/h4,6,12H,5,10H2,1-3H3. The largest absolute Gasteiger partial charge is 0.383 e. The maximum absolute atomic E-state index is 10.2. The highest BCUT2D eigenvalue weighted by Crippen LogP contribution is 2.31. The van der Waals surface area contributed by atoms with Crippen LogP contribution in [0, 0.1) is 12.8 Å². The predicted molar refractivity (Wildman–Crippen MR) is 54.6 cm³/mol. The van der Waals surface area contributed by atoms with E-state index >= 15 is 0 Å². The highest BCUT2D eigenvalue weighted by molar-refractivity contribution is 7.06. The van der Waals surface area contributed by atoms with Gasteiger partial charge in [0.1, 0.15) is 5.60 Å². The molecule has 1 atom stereocenters. The van der Waals surface area contributed by atoms with Gasteiger partial charge in [0.15, 0.2) is 0 Å². The van der Waals surface area contributed by atoms with Crippen LogP contribution < -0.4 is 5.73 Å². The highest BCUT2D eigenvalue weighted by atomic mass is 32.1. The van der Waals surface area contributed by atoms with Crippen LogP contribution in [0.3, 0.4) is 0 Å². The zero-order valence-corrected chi connectivity index (χ0v) is 9.06. The van der Waals surface area contributed by atoms with Gasteiger partial charge in [-0.1, -0.05) is 13.8 Å². The van der Waals surface area contributed by atoms with Crippen LogP contribution in [0.5, 0.6) is 0 Å². The van der Waals surface area contributed by atoms with Crippen molar-refractivity contribution in [2.75, 3.05) is 6.54 Å². The van der Waals surface area contributed by atoms with Gasteiger partial charge in [-0.3, -0.25) is 0 Å². The van der Waals surface area contributed by atoms with E-state index in [0.717, 1.165) is 10.6 Å². The Balaban J connectivity index is 3.02. The van der Waals surface area contributed by atoms with Crippen LogP contribution >= 0.6 is 11.5 Å². The Kier molecular flexibility index (Phi) is 3.05. The molecule has 1 aromatic rings. The SMILES string of the molecule is Cc1cc(C(O)(CN)C(C)C)sn1. The molecule has 3 nitrogen and oxygen atoms in total. The molecule has 13 heavy (non-hydrogen) atoms. The second kappa shape index (κ2) is 3.74. The van der Waals surface area contributed by atoms with E-state index in [1.807, 2.05) is 26.8 Å². The molecule has 0 radical (unpaired) electrons. The molecular weight excluding hydrogens is 184 g/mol. The summed E-state index contributed by atoms with van der Waals surface area (Å²) in [6.45, 7) is 6.08. The third-order valence-corrected chi connectivity index (χ3v) is 3.37. The van der Waals surface area contributed by atoms with E-state index in [1.165, 1.54) is 11.5 Å². The summed E-state index contributed by atoms with van der Waals surface area (Å²) in [5.74, 6) is 0.109. The molecule has 0 spiro atoms. The van der Waals surface area contributed by atoms with E-state index in [0.29, 0.717) is 0 Å². The van der Waals surface area contributed by atoms with Crippen molar-refractivity contribution in [2.24, 2.45) is 11.7 Å². The molecule has 1 rings (SSSR count). The Labute approximate surface area is 82.8 Å². The monoisotopic (exact) mass is 200 g/mol. The topological polar surface area (TPSA) is 59.1 Å². The van der Waals surface area contributed by atoms with Crippen LogP contribution in [0.4, 0.5) is 0 Å². The van der Waals surface area contributed by atoms with E-state index in [-0.39, 0.29) is 12.5 Å². The Morgan fingerprint density at radius 1 is 1.69 bits per heavy atom. The van der Waals surface area contributed by atoms with Crippen LogP contribution in [-0.4, -0.2) is 16.0 Å². The predicted octanol–water partition coefficient (Wildman–Crippen LogP) is 1.25. The second-order valence-electron chi connectivity index (χ2n) is 3.62. The lowest BCUT2D eigenvalue weighted by Gasteiger charge is -2.28. The Hall–Kier alpha value is -0.450. The number of aliphatic hydroxyl groups is 1. The smallest absolute Gasteiger partial charge is 0.115 e. The van der Waals surface area contributed by atoms with Gasteiger partial charge >= 0.3 is 0 Å². The minimum Gasteiger partial charge on any atom is -0.383 e. The summed E-state index contributed by atoms with van der Waals surface area (Å²) in [7, 11) is 0. The summed E-state index contributed by atoms with van der Waals surface area (Å²) < 4.78 is 4.14. The lowest BCUT2D eigenvalue weighted by Crippen LogP contribution is -2.39. The molecule has 1 aromatic heterocycles. The second-order valence-corrected chi connectivity index (χ2v) is 4.42. The molecule has 0 saturated carbocycles. The van der Waals surface area contributed by atoms with Gasteiger partial charge in [-0.15, -0.1) is 0 Å². The molecule has 0 amide bonds. The highest BCUT2D eigenvalue weighted by Gasteiger charge is 2.33. The maximum atomic E-state index is 10.2. The van der Waals surface area contributed by atoms with Gasteiger partial charge in [0, 0.05) is 6.54 Å². The summed E-state index contributed by atoms with van der Waals surface area (Å²) in [5.41, 5.74) is 5.60. The molecule has 0 saturated heterocycles. The Morgan fingerprint density at radius 3 is 2.62 bits per heavy atom. The van der Waals surface area contributed by atoms with Crippen molar-refractivity contribution in [3.05, 3.63) is 16.6 Å². The summed E-state index contributed by atoms with van der Waals surface area (Å²) in [5, 5.41) is 10.2. The molecule has 1 unspecified atom stereocenters. The van der Waals surface area contributed by atoms with E-state index < -0.39 is 5.60 Å². The van der Waals surface area contributed by atoms with E-state index in [1.54, 1.807) is 0 Å². The van der Waals surface area contributed by atoms with E-state index in [9.17, 15) is 5.11 Å². The average Bonchev–Trinajstić information content (AvgIpc) is 2.50. The first-order chi connectivity index (χ1) is 6.00. The minimum absolute atomic E-state index is 0.109. The van der Waals surface area contributed by atoms with Gasteiger partial charge in [-0.2, -0.15) is 4.37 Å². The van der Waals surface area contributed by atoms with Crippen LogP contribution in [0.2, 0.25) is 0 Å². The molecule has 1 heterocycles. The first kappa shape index (κ1) is 10.6. The first-order valence-corrected chi connectivity index (χ1v) is 5.14. The van der Waals surface area contributed by atoms with E-state index in [4.69, 9.17) is 5.73 Å². The fraction of sp³-hybridized carbons (Fsp3) is 0.667. The van der Waals surface area contributed by atoms with Crippen molar-refractivity contribution in [1.82, 2.24) is 4.37 Å². The maximum Gasteiger partial charge on any atom is 0.115 e. The van der Waals surface area contributed by atoms with Crippen molar-refractivity contribution in [3.63, 3.8) is 0 Å². The molecule has 0 aliphatic rings. The number of aryl methyl sites for hydroxylation is 1. The number of rotatable bonds is 3. The molecule has 0 aliphatic heterocycles. The van der Waals surface area contributed by atoms with Crippen molar-refractivity contribution in [2.45, 2.75) is 26.4 Å². The van der Waals surface area contributed by atoms with Gasteiger partial charge in [-0.05, 0) is 30.4 Å². The van der Waals surface area contributed by atoms with Crippen molar-refractivity contribution >= 4 is 11.5 Å². The van der Waals surface area contributed by atoms with Gasteiger partial charge in [0.05, 0.1) is 10.6 Å². The quantitative estimate of drug-likeness (QED) is 0.772. The summed E-state index contributed by atoms with van der Waals surface area (Å²) in [6.07, 6.45) is 0. The molecule has 0 bridgehead atoms. The minimum atomic E-state index is -0.911. The molecular formula is C9H16N2OS. The molecule has 4 heteroatoms. The lowest BCUT2D eigenvalue weighted by atomic mass is 9.89. The van der Waals surface area contributed by atoms with Crippen molar-refractivity contribution in [1.29, 1.82) is 0 Å². The number of nitrogens with zero attached hydrogens (tertiary/aromatic N) is 1. The summed E-state index contributed by atoms with van der Waals surface area (Å²) in [4.78, 5) is 0.863. The molecule has 3 N–H and O–H groups in total. The molecule has 74 valence electrons. The van der Waals surface area contributed by atoms with Crippen LogP contribution in [0.1, 0.15) is 24.4 Å². The number of nitrogens with two attached hydrogens (primary N) is 1. The van der Waals surface area contributed by atoms with E-state index in [2.05, 4.69) is 4.37 Å². The first-order valence-electron chi connectivity index (χ1n) is 4.37. The number of hydrogen-bond acceptors (Lipinski definition) is 4. The lowest BCUT2D eigenvalue weighted by molar-refractivity contribution is 0.00235. The van der Waals surface area contributed by atoms with Crippen LogP contribution in [0.15, 0.2) is 6.07 Å². The van der Waals surface area contributed by atoms with Gasteiger partial charge in [0.2, 0.25) is 0 Å². The fourth-order valence-electron chi connectivity index (χ4n) is 1.19. The summed E-state index contributed by atoms with van der Waals surface area (Å²) >= 11 is 1.33. The number of aromatic nitrogens is 1. The van der Waals surface area contributed by atoms with Gasteiger partial charge < -0.3 is 10.8 Å². The van der Waals surface area contributed by atoms with Crippen LogP contribution in [-0.2, 0) is 5.60 Å². The number of hydrogen-bond donors (Lipinski definition) is 2. The fourth-order valence-corrected chi connectivity index (χ4v) is 2.18. The average molecular weight is 200 g/mol. The Morgan fingerprint density at radius 2 is 2.31 bits per heavy atom. The third kappa shape index (κ3) is 1.90. The van der Waals surface area contributed by atoms with Crippen molar-refractivity contribution in [3.8, 4) is 0 Å². The zero-order valence-electron chi connectivity index (χ0n) is 8.24. The molecule has 0 aromatic carbocycles. The van der Waals surface area contributed by atoms with Gasteiger partial charge in [0.25, 0.3) is 0 Å². The Bertz CT molecular complexity index is 285. The molecule has 0 aliphatic carbocycles. The molecule has 0 fully saturated rings. The normalized spacial score (nSPS) is 16.2.